The molecule has 2 aliphatic rings. The summed E-state index contributed by atoms with van der Waals surface area (Å²) in [7, 11) is 0. The molecule has 0 radical (unpaired) electrons. The summed E-state index contributed by atoms with van der Waals surface area (Å²) in [5.41, 5.74) is 1.26. The van der Waals surface area contributed by atoms with Crippen LogP contribution in [0.2, 0.25) is 0 Å². The molecule has 1 N–H and O–H groups in total. The second-order valence-corrected chi connectivity index (χ2v) is 8.89. The smallest absolute Gasteiger partial charge is 0.481 e. The average Bonchev–Trinajstić information content (AvgIpc) is 3.49. The number of alkyl halides is 3. The number of likely N-dealkylation sites (N-methyl/N-ethyl adjacent to an activating group) is 1. The van der Waals surface area contributed by atoms with E-state index in [9.17, 15) is 27.9 Å². The van der Waals surface area contributed by atoms with Crippen LogP contribution in [0.5, 0.6) is 11.5 Å². The summed E-state index contributed by atoms with van der Waals surface area (Å²) in [6.45, 7) is 7.23. The molecule has 1 fully saturated rings. The van der Waals surface area contributed by atoms with Gasteiger partial charge in [-0.05, 0) is 81.0 Å². The molecule has 1 heterocycles. The van der Waals surface area contributed by atoms with E-state index in [0.717, 1.165) is 0 Å². The molecule has 2 atom stereocenters. The molecular formula is C24H24F3NO5. The fourth-order valence-electron chi connectivity index (χ4n) is 4.36. The largest absolute Gasteiger partial charge is 0.573 e. The molecule has 2 aromatic rings. The van der Waals surface area contributed by atoms with Gasteiger partial charge in [0, 0.05) is 12.1 Å². The maximum absolute atomic E-state index is 13.1. The van der Waals surface area contributed by atoms with Crippen LogP contribution in [0.4, 0.5) is 18.9 Å². The summed E-state index contributed by atoms with van der Waals surface area (Å²) in [4.78, 5) is 25.7. The number of rotatable bonds is 5. The number of nitrogens with zero attached hydrogens (tertiary/aromatic N) is 1. The number of carbonyl (C=O) groups excluding carboxylic acids is 1. The Labute approximate surface area is 188 Å². The zero-order valence-electron chi connectivity index (χ0n) is 18.6. The highest BCUT2D eigenvalue weighted by Crippen LogP contribution is 2.50. The zero-order valence-corrected chi connectivity index (χ0v) is 18.6. The van der Waals surface area contributed by atoms with E-state index >= 15 is 0 Å². The number of anilines is 1. The van der Waals surface area contributed by atoms with Gasteiger partial charge in [0.15, 0.2) is 5.60 Å². The van der Waals surface area contributed by atoms with E-state index < -0.39 is 29.6 Å². The van der Waals surface area contributed by atoms with Crippen molar-refractivity contribution in [3.05, 3.63) is 41.5 Å². The van der Waals surface area contributed by atoms with Crippen molar-refractivity contribution in [2.75, 3.05) is 11.4 Å². The van der Waals surface area contributed by atoms with Crippen LogP contribution in [0.15, 0.2) is 30.3 Å². The van der Waals surface area contributed by atoms with E-state index in [-0.39, 0.29) is 17.4 Å². The summed E-state index contributed by atoms with van der Waals surface area (Å²) in [6.07, 6.45) is -4.47. The molecule has 1 saturated carbocycles. The van der Waals surface area contributed by atoms with Gasteiger partial charge < -0.3 is 19.5 Å². The van der Waals surface area contributed by atoms with Crippen LogP contribution in [0, 0.1) is 12.8 Å². The van der Waals surface area contributed by atoms with Gasteiger partial charge in [0.1, 0.15) is 11.5 Å². The Hall–Kier alpha value is -3.23. The van der Waals surface area contributed by atoms with Gasteiger partial charge in [-0.15, -0.1) is 13.2 Å². The van der Waals surface area contributed by atoms with Crippen molar-refractivity contribution in [2.45, 2.75) is 52.0 Å². The molecule has 2 aromatic carbocycles. The highest BCUT2D eigenvalue weighted by molar-refractivity contribution is 6.03. The molecule has 33 heavy (non-hydrogen) atoms. The first-order valence-electron chi connectivity index (χ1n) is 10.6. The number of hydrogen-bond acceptors (Lipinski definition) is 4. The minimum absolute atomic E-state index is 0.175. The van der Waals surface area contributed by atoms with Gasteiger partial charge >= 0.3 is 12.3 Å². The monoisotopic (exact) mass is 463 g/mol. The molecule has 6 nitrogen and oxygen atoms in total. The zero-order chi connectivity index (χ0) is 24.3. The molecule has 1 aliphatic carbocycles. The summed E-state index contributed by atoms with van der Waals surface area (Å²) in [5, 5.41) is 9.25. The van der Waals surface area contributed by atoms with Crippen molar-refractivity contribution in [3.63, 3.8) is 0 Å². The molecule has 1 unspecified atom stereocenters. The van der Waals surface area contributed by atoms with E-state index in [0.29, 0.717) is 41.1 Å². The summed E-state index contributed by atoms with van der Waals surface area (Å²) in [5.74, 6) is -1.94. The van der Waals surface area contributed by atoms with E-state index in [1.165, 1.54) is 17.0 Å². The van der Waals surface area contributed by atoms with Gasteiger partial charge in [-0.2, -0.15) is 0 Å². The fraction of sp³-hybridized carbons (Fsp3) is 0.417. The van der Waals surface area contributed by atoms with Crippen LogP contribution in [-0.2, 0) is 9.59 Å². The van der Waals surface area contributed by atoms with Gasteiger partial charge in [0.05, 0.1) is 11.6 Å². The topological polar surface area (TPSA) is 76.1 Å². The minimum Gasteiger partial charge on any atom is -0.481 e. The van der Waals surface area contributed by atoms with Crippen LogP contribution in [0.25, 0.3) is 11.1 Å². The number of aryl methyl sites for hydroxylation is 1. The van der Waals surface area contributed by atoms with Crippen LogP contribution in [0.1, 0.15) is 44.2 Å². The molecule has 0 saturated heterocycles. The molecular weight excluding hydrogens is 439 g/mol. The molecule has 0 aromatic heterocycles. The van der Waals surface area contributed by atoms with Crippen molar-refractivity contribution in [2.24, 2.45) is 5.92 Å². The molecule has 176 valence electrons. The average molecular weight is 463 g/mol. The number of hydrogen-bond donors (Lipinski definition) is 1. The lowest BCUT2D eigenvalue weighted by atomic mass is 9.93. The number of fused-ring (bicyclic) bond motifs is 1. The Morgan fingerprint density at radius 2 is 1.94 bits per heavy atom. The Bertz CT molecular complexity index is 1140. The number of carboxylic acid groups (broad SMARTS) is 1. The van der Waals surface area contributed by atoms with Gasteiger partial charge in [0.25, 0.3) is 5.91 Å². The fourth-order valence-corrected chi connectivity index (χ4v) is 4.36. The maximum atomic E-state index is 13.1. The van der Waals surface area contributed by atoms with Crippen LogP contribution in [-0.4, -0.2) is 35.5 Å². The number of halogens is 3. The Morgan fingerprint density at radius 3 is 2.52 bits per heavy atom. The lowest BCUT2D eigenvalue weighted by molar-refractivity contribution is -0.274. The lowest BCUT2D eigenvalue weighted by Crippen LogP contribution is -2.52. The molecule has 1 amide bonds. The summed E-state index contributed by atoms with van der Waals surface area (Å²) < 4.78 is 49.6. The number of ether oxygens (including phenoxy) is 2. The normalized spacial score (nSPS) is 21.3. The van der Waals surface area contributed by atoms with Crippen LogP contribution < -0.4 is 14.4 Å². The number of benzene rings is 2. The third-order valence-electron chi connectivity index (χ3n) is 6.09. The Balaban J connectivity index is 1.86. The molecule has 4 rings (SSSR count). The molecule has 0 spiro atoms. The van der Waals surface area contributed by atoms with E-state index in [1.54, 1.807) is 45.9 Å². The van der Waals surface area contributed by atoms with E-state index in [1.807, 2.05) is 0 Å². The van der Waals surface area contributed by atoms with Crippen molar-refractivity contribution in [1.82, 2.24) is 0 Å². The molecule has 1 aliphatic heterocycles. The standard InChI is InChI=1S/C24H24F3NO5/c1-5-28-18-11-14(12(2)8-20(18)32-23(3,4)22(28)31)16-9-13(15-10-17(15)21(29)30)6-7-19(16)33-24(25,26)27/h6-9,11,15,17H,5,10H2,1-4H3,(H,29,30)/t15?,17-/m1/s1. The van der Waals surface area contributed by atoms with Crippen molar-refractivity contribution < 1.29 is 37.3 Å². The van der Waals surface area contributed by atoms with Crippen molar-refractivity contribution in [3.8, 4) is 22.6 Å². The lowest BCUT2D eigenvalue weighted by Gasteiger charge is -2.39. The minimum atomic E-state index is -4.90. The van der Waals surface area contributed by atoms with E-state index in [2.05, 4.69) is 4.74 Å². The summed E-state index contributed by atoms with van der Waals surface area (Å²) >= 11 is 0. The number of amides is 1. The second-order valence-electron chi connectivity index (χ2n) is 8.89. The first-order chi connectivity index (χ1) is 15.3. The summed E-state index contributed by atoms with van der Waals surface area (Å²) in [6, 6.07) is 7.57. The van der Waals surface area contributed by atoms with Gasteiger partial charge in [-0.1, -0.05) is 6.07 Å². The number of aliphatic carboxylic acids is 1. The van der Waals surface area contributed by atoms with Gasteiger partial charge in [0.2, 0.25) is 0 Å². The molecule has 9 heteroatoms. The number of carbonyl (C=O) groups is 2. The third kappa shape index (κ3) is 4.24. The first-order valence-corrected chi connectivity index (χ1v) is 10.6. The highest BCUT2D eigenvalue weighted by atomic mass is 19.4. The second kappa shape index (κ2) is 7.67. The predicted molar refractivity (Wildman–Crippen MR) is 115 cm³/mol. The van der Waals surface area contributed by atoms with E-state index in [4.69, 9.17) is 4.74 Å². The van der Waals surface area contributed by atoms with Crippen molar-refractivity contribution >= 4 is 17.6 Å². The quantitative estimate of drug-likeness (QED) is 0.654. The third-order valence-corrected chi connectivity index (χ3v) is 6.09. The Morgan fingerprint density at radius 1 is 1.24 bits per heavy atom. The first kappa shape index (κ1) is 22.9. The van der Waals surface area contributed by atoms with Gasteiger partial charge in [-0.3, -0.25) is 9.59 Å². The highest BCUT2D eigenvalue weighted by Gasteiger charge is 2.45. The molecule has 0 bridgehead atoms. The maximum Gasteiger partial charge on any atom is 0.573 e. The predicted octanol–water partition coefficient (Wildman–Crippen LogP) is 5.27. The van der Waals surface area contributed by atoms with Crippen molar-refractivity contribution in [1.29, 1.82) is 0 Å². The SMILES string of the molecule is CCN1C(=O)C(C)(C)Oc2cc(C)c(-c3cc(C4C[C@H]4C(=O)O)ccc3OC(F)(F)F)cc21. The number of carboxylic acids is 1. The van der Waals surface area contributed by atoms with Crippen LogP contribution in [0.3, 0.4) is 0 Å². The Kier molecular flexibility index (Phi) is 5.34. The van der Waals surface area contributed by atoms with Gasteiger partial charge in [-0.25, -0.2) is 0 Å². The van der Waals surface area contributed by atoms with Crippen LogP contribution >= 0.6 is 0 Å².